The Morgan fingerprint density at radius 3 is 2.58 bits per heavy atom. The summed E-state index contributed by atoms with van der Waals surface area (Å²) in [6.45, 7) is 6.48. The van der Waals surface area contributed by atoms with Crippen LogP contribution in [0.1, 0.15) is 33.1 Å². The highest BCUT2D eigenvalue weighted by Gasteiger charge is 2.27. The minimum absolute atomic E-state index is 0.331. The highest BCUT2D eigenvalue weighted by molar-refractivity contribution is 4.85. The Morgan fingerprint density at radius 1 is 1.50 bits per heavy atom. The summed E-state index contributed by atoms with van der Waals surface area (Å²) in [4.78, 5) is 0. The minimum Gasteiger partial charge on any atom is -0.384 e. The van der Waals surface area contributed by atoms with Crippen molar-refractivity contribution in [1.29, 1.82) is 0 Å². The topological polar surface area (TPSA) is 21.3 Å². The van der Waals surface area contributed by atoms with Crippen LogP contribution in [0.2, 0.25) is 0 Å². The molecule has 1 saturated carbocycles. The second-order valence-electron chi connectivity index (χ2n) is 4.25. The molecule has 0 aliphatic heterocycles. The Balaban J connectivity index is 2.20. The summed E-state index contributed by atoms with van der Waals surface area (Å²) >= 11 is 0. The predicted molar refractivity (Wildman–Crippen MR) is 51.3 cm³/mol. The van der Waals surface area contributed by atoms with Gasteiger partial charge in [0.25, 0.3) is 0 Å². The van der Waals surface area contributed by atoms with Gasteiger partial charge in [-0.2, -0.15) is 0 Å². The van der Waals surface area contributed by atoms with Gasteiger partial charge in [0.05, 0.1) is 6.61 Å². The summed E-state index contributed by atoms with van der Waals surface area (Å²) in [5.74, 6) is 0. The normalized spacial score (nSPS) is 22.2. The number of hydrogen-bond donors (Lipinski definition) is 1. The lowest BCUT2D eigenvalue weighted by atomic mass is 9.88. The molecule has 0 spiro atoms. The van der Waals surface area contributed by atoms with Crippen LogP contribution in [0.3, 0.4) is 0 Å². The van der Waals surface area contributed by atoms with Gasteiger partial charge in [-0.3, -0.25) is 0 Å². The highest BCUT2D eigenvalue weighted by Crippen LogP contribution is 2.24. The summed E-state index contributed by atoms with van der Waals surface area (Å²) in [5.41, 5.74) is 0.331. The van der Waals surface area contributed by atoms with Crippen molar-refractivity contribution in [2.24, 2.45) is 5.41 Å². The van der Waals surface area contributed by atoms with Crippen LogP contribution in [0, 0.1) is 5.41 Å². The van der Waals surface area contributed by atoms with Crippen LogP contribution in [-0.4, -0.2) is 26.3 Å². The molecule has 1 rings (SSSR count). The molecule has 0 radical (unpaired) electrons. The highest BCUT2D eigenvalue weighted by atomic mass is 16.5. The van der Waals surface area contributed by atoms with E-state index in [2.05, 4.69) is 19.2 Å². The summed E-state index contributed by atoms with van der Waals surface area (Å²) in [6, 6.07) is 0.813. The molecule has 0 bridgehead atoms. The first-order chi connectivity index (χ1) is 5.70. The third-order valence-electron chi connectivity index (χ3n) is 2.74. The van der Waals surface area contributed by atoms with Crippen molar-refractivity contribution in [3.63, 3.8) is 0 Å². The Kier molecular flexibility index (Phi) is 3.53. The Bertz CT molecular complexity index is 134. The van der Waals surface area contributed by atoms with E-state index in [1.54, 1.807) is 7.11 Å². The molecule has 0 saturated heterocycles. The quantitative estimate of drug-likeness (QED) is 0.658. The summed E-state index contributed by atoms with van der Waals surface area (Å²) in [7, 11) is 1.78. The molecule has 1 unspecified atom stereocenters. The number of methoxy groups -OCH3 is 1. The predicted octanol–water partition coefficient (Wildman–Crippen LogP) is 1.80. The fourth-order valence-corrected chi connectivity index (χ4v) is 1.30. The lowest BCUT2D eigenvalue weighted by molar-refractivity contribution is 0.0878. The maximum Gasteiger partial charge on any atom is 0.0528 e. The molecule has 1 fully saturated rings. The van der Waals surface area contributed by atoms with Crippen molar-refractivity contribution in [2.45, 2.75) is 39.2 Å². The molecule has 1 N–H and O–H groups in total. The largest absolute Gasteiger partial charge is 0.384 e. The first kappa shape index (κ1) is 10.0. The third kappa shape index (κ3) is 3.11. The molecule has 0 aromatic rings. The van der Waals surface area contributed by atoms with Gasteiger partial charge in [0.1, 0.15) is 0 Å². The fraction of sp³-hybridized carbons (Fsp3) is 1.00. The smallest absolute Gasteiger partial charge is 0.0528 e. The van der Waals surface area contributed by atoms with Crippen molar-refractivity contribution < 1.29 is 4.74 Å². The summed E-state index contributed by atoms with van der Waals surface area (Å²) < 4.78 is 5.21. The van der Waals surface area contributed by atoms with Gasteiger partial charge >= 0.3 is 0 Å². The Hall–Kier alpha value is -0.0800. The van der Waals surface area contributed by atoms with Gasteiger partial charge in [-0.1, -0.05) is 13.8 Å². The number of nitrogens with one attached hydrogen (secondary N) is 1. The van der Waals surface area contributed by atoms with Crippen molar-refractivity contribution in [2.75, 3.05) is 20.3 Å². The second-order valence-corrected chi connectivity index (χ2v) is 4.25. The van der Waals surface area contributed by atoms with Crippen LogP contribution in [0.15, 0.2) is 0 Å². The standard InChI is InChI=1S/C10H21NO/c1-4-10(2,8-12-3)7-11-9-5-6-9/h9,11H,4-8H2,1-3H3. The first-order valence-electron chi connectivity index (χ1n) is 4.92. The SMILES string of the molecule is CCC(C)(CNC1CC1)COC. The number of hydrogen-bond acceptors (Lipinski definition) is 2. The van der Waals surface area contributed by atoms with Crippen molar-refractivity contribution in [1.82, 2.24) is 5.32 Å². The molecule has 0 amide bonds. The molecule has 2 heteroatoms. The van der Waals surface area contributed by atoms with Crippen LogP contribution in [0.4, 0.5) is 0 Å². The zero-order valence-corrected chi connectivity index (χ0v) is 8.52. The van der Waals surface area contributed by atoms with Gasteiger partial charge in [-0.15, -0.1) is 0 Å². The fourth-order valence-electron chi connectivity index (χ4n) is 1.30. The van der Waals surface area contributed by atoms with Gasteiger partial charge in [-0.05, 0) is 19.3 Å². The monoisotopic (exact) mass is 171 g/mol. The maximum atomic E-state index is 5.21. The minimum atomic E-state index is 0.331. The molecular weight excluding hydrogens is 150 g/mol. The molecule has 2 nitrogen and oxygen atoms in total. The van der Waals surface area contributed by atoms with E-state index in [0.29, 0.717) is 5.41 Å². The van der Waals surface area contributed by atoms with E-state index in [1.807, 2.05) is 0 Å². The van der Waals surface area contributed by atoms with E-state index < -0.39 is 0 Å². The molecule has 0 aromatic heterocycles. The maximum absolute atomic E-state index is 5.21. The Labute approximate surface area is 75.7 Å². The molecule has 12 heavy (non-hydrogen) atoms. The van der Waals surface area contributed by atoms with Crippen molar-refractivity contribution >= 4 is 0 Å². The van der Waals surface area contributed by atoms with Gasteiger partial charge < -0.3 is 10.1 Å². The zero-order valence-electron chi connectivity index (χ0n) is 8.52. The molecule has 0 heterocycles. The lowest BCUT2D eigenvalue weighted by Gasteiger charge is -2.27. The molecule has 1 aliphatic rings. The molecule has 1 aliphatic carbocycles. The molecule has 72 valence electrons. The third-order valence-corrected chi connectivity index (χ3v) is 2.74. The first-order valence-corrected chi connectivity index (χ1v) is 4.92. The molecular formula is C10H21NO. The van der Waals surface area contributed by atoms with Crippen LogP contribution < -0.4 is 5.32 Å². The summed E-state index contributed by atoms with van der Waals surface area (Å²) in [5, 5.41) is 3.55. The van der Waals surface area contributed by atoms with Crippen LogP contribution >= 0.6 is 0 Å². The van der Waals surface area contributed by atoms with E-state index >= 15 is 0 Å². The average molecular weight is 171 g/mol. The van der Waals surface area contributed by atoms with E-state index in [9.17, 15) is 0 Å². The van der Waals surface area contributed by atoms with E-state index in [1.165, 1.54) is 19.3 Å². The van der Waals surface area contributed by atoms with Crippen molar-refractivity contribution in [3.05, 3.63) is 0 Å². The molecule has 1 atom stereocenters. The lowest BCUT2D eigenvalue weighted by Crippen LogP contribution is -2.36. The van der Waals surface area contributed by atoms with Gasteiger partial charge in [-0.25, -0.2) is 0 Å². The van der Waals surface area contributed by atoms with Crippen LogP contribution in [-0.2, 0) is 4.74 Å². The van der Waals surface area contributed by atoms with E-state index in [4.69, 9.17) is 4.74 Å². The van der Waals surface area contributed by atoms with E-state index in [0.717, 1.165) is 19.2 Å². The van der Waals surface area contributed by atoms with Crippen molar-refractivity contribution in [3.8, 4) is 0 Å². The van der Waals surface area contributed by atoms with E-state index in [-0.39, 0.29) is 0 Å². The average Bonchev–Trinajstić information content (AvgIpc) is 2.85. The van der Waals surface area contributed by atoms with Crippen LogP contribution in [0.5, 0.6) is 0 Å². The van der Waals surface area contributed by atoms with Gasteiger partial charge in [0.15, 0.2) is 0 Å². The number of rotatable bonds is 6. The zero-order chi connectivity index (χ0) is 9.03. The number of ether oxygens (including phenoxy) is 1. The van der Waals surface area contributed by atoms with Crippen LogP contribution in [0.25, 0.3) is 0 Å². The summed E-state index contributed by atoms with van der Waals surface area (Å²) in [6.07, 6.45) is 3.92. The molecule has 0 aromatic carbocycles. The van der Waals surface area contributed by atoms with Gasteiger partial charge in [0.2, 0.25) is 0 Å². The second kappa shape index (κ2) is 4.24. The Morgan fingerprint density at radius 2 is 2.17 bits per heavy atom. The van der Waals surface area contributed by atoms with Gasteiger partial charge in [0, 0.05) is 25.1 Å².